The third-order valence-electron chi connectivity index (χ3n) is 6.01. The second kappa shape index (κ2) is 11.3. The van der Waals surface area contributed by atoms with E-state index in [0.29, 0.717) is 12.6 Å². The molecular weight excluding hydrogens is 479 g/mol. The van der Waals surface area contributed by atoms with Crippen LogP contribution in [0.5, 0.6) is 0 Å². The van der Waals surface area contributed by atoms with Crippen LogP contribution in [0.2, 0.25) is 0 Å². The van der Waals surface area contributed by atoms with Crippen molar-refractivity contribution in [3.05, 3.63) is 23.9 Å². The number of rotatable bonds is 5. The van der Waals surface area contributed by atoms with Crippen molar-refractivity contribution in [1.82, 2.24) is 20.1 Å². The number of halogens is 1. The molecular formula is C21H35IN6O. The van der Waals surface area contributed by atoms with Gasteiger partial charge in [-0.1, -0.05) is 6.07 Å². The van der Waals surface area contributed by atoms with Gasteiger partial charge in [-0.3, -0.25) is 4.90 Å². The van der Waals surface area contributed by atoms with Crippen molar-refractivity contribution >= 4 is 35.8 Å². The van der Waals surface area contributed by atoms with E-state index in [4.69, 9.17) is 9.73 Å². The molecule has 0 aliphatic carbocycles. The number of anilines is 1. The van der Waals surface area contributed by atoms with E-state index in [0.717, 1.165) is 70.8 Å². The summed E-state index contributed by atoms with van der Waals surface area (Å²) >= 11 is 0. The largest absolute Gasteiger partial charge is 0.379 e. The molecule has 4 rings (SSSR count). The van der Waals surface area contributed by atoms with Crippen molar-refractivity contribution in [1.29, 1.82) is 0 Å². The Morgan fingerprint density at radius 3 is 2.66 bits per heavy atom. The maximum atomic E-state index is 5.50. The molecule has 1 N–H and O–H groups in total. The van der Waals surface area contributed by atoms with Gasteiger partial charge in [-0.15, -0.1) is 24.0 Å². The molecule has 0 radical (unpaired) electrons. The Kier molecular flexibility index (Phi) is 8.80. The Morgan fingerprint density at radius 1 is 1.17 bits per heavy atom. The lowest BCUT2D eigenvalue weighted by Crippen LogP contribution is -2.46. The van der Waals surface area contributed by atoms with Crippen LogP contribution < -0.4 is 10.2 Å². The highest BCUT2D eigenvalue weighted by atomic mass is 127. The summed E-state index contributed by atoms with van der Waals surface area (Å²) < 4.78 is 5.50. The number of guanidine groups is 1. The normalized spacial score (nSPS) is 23.3. The van der Waals surface area contributed by atoms with E-state index in [9.17, 15) is 0 Å². The van der Waals surface area contributed by atoms with E-state index in [1.165, 1.54) is 24.8 Å². The maximum Gasteiger partial charge on any atom is 0.194 e. The molecule has 7 nitrogen and oxygen atoms in total. The standard InChI is InChI=1S/C21H34N6O.HI/c1-2-22-21(27-10-7-19(17-27)25-11-13-28-14-12-25)24-16-18-5-6-20(23-15-18)26-8-3-4-9-26;/h5-6,15,19H,2-4,7-14,16-17H2,1H3,(H,22,24);1H. The first-order valence-corrected chi connectivity index (χ1v) is 10.9. The molecule has 0 aromatic carbocycles. The average molecular weight is 514 g/mol. The summed E-state index contributed by atoms with van der Waals surface area (Å²) in [5.41, 5.74) is 1.17. The summed E-state index contributed by atoms with van der Waals surface area (Å²) in [5.74, 6) is 2.13. The smallest absolute Gasteiger partial charge is 0.194 e. The molecule has 1 unspecified atom stereocenters. The molecule has 0 spiro atoms. The van der Waals surface area contributed by atoms with Crippen LogP contribution in [0.4, 0.5) is 5.82 Å². The van der Waals surface area contributed by atoms with Gasteiger partial charge in [0.05, 0.1) is 19.8 Å². The van der Waals surface area contributed by atoms with Gasteiger partial charge in [0.1, 0.15) is 5.82 Å². The van der Waals surface area contributed by atoms with Crippen LogP contribution in [0, 0.1) is 0 Å². The summed E-state index contributed by atoms with van der Waals surface area (Å²) in [6.07, 6.45) is 5.75. The second-order valence-corrected chi connectivity index (χ2v) is 7.93. The van der Waals surface area contributed by atoms with Crippen molar-refractivity contribution < 1.29 is 4.74 Å². The van der Waals surface area contributed by atoms with Crippen molar-refractivity contribution in [2.75, 3.05) is 63.9 Å². The first-order valence-electron chi connectivity index (χ1n) is 10.9. The van der Waals surface area contributed by atoms with Gasteiger partial charge >= 0.3 is 0 Å². The first kappa shape index (κ1) is 22.6. The summed E-state index contributed by atoms with van der Waals surface area (Å²) in [5, 5.41) is 3.48. The SMILES string of the molecule is CCNC(=NCc1ccc(N2CCCC2)nc1)N1CCC(N2CCOCC2)C1.I. The third kappa shape index (κ3) is 5.95. The Hall–Kier alpha value is -1.13. The number of hydrogen-bond donors (Lipinski definition) is 1. The topological polar surface area (TPSA) is 56.2 Å². The lowest BCUT2D eigenvalue weighted by Gasteiger charge is -2.32. The fourth-order valence-corrected chi connectivity index (χ4v) is 4.41. The Balaban J connectivity index is 0.00000240. The Bertz CT molecular complexity index is 643. The van der Waals surface area contributed by atoms with Gasteiger partial charge in [-0.2, -0.15) is 0 Å². The van der Waals surface area contributed by atoms with Crippen LogP contribution in [0.1, 0.15) is 31.7 Å². The molecule has 1 aromatic rings. The van der Waals surface area contributed by atoms with Crippen LogP contribution >= 0.6 is 24.0 Å². The fourth-order valence-electron chi connectivity index (χ4n) is 4.41. The summed E-state index contributed by atoms with van der Waals surface area (Å²) in [7, 11) is 0. The van der Waals surface area contributed by atoms with Gasteiger partial charge in [0.15, 0.2) is 5.96 Å². The van der Waals surface area contributed by atoms with Crippen LogP contribution in [0.3, 0.4) is 0 Å². The number of nitrogens with zero attached hydrogens (tertiary/aromatic N) is 5. The molecule has 29 heavy (non-hydrogen) atoms. The summed E-state index contributed by atoms with van der Waals surface area (Å²) in [4.78, 5) is 16.9. The third-order valence-corrected chi connectivity index (χ3v) is 6.01. The van der Waals surface area contributed by atoms with E-state index < -0.39 is 0 Å². The second-order valence-electron chi connectivity index (χ2n) is 7.93. The van der Waals surface area contributed by atoms with Gasteiger partial charge in [0.2, 0.25) is 0 Å². The molecule has 3 aliphatic rings. The minimum Gasteiger partial charge on any atom is -0.379 e. The van der Waals surface area contributed by atoms with Crippen LogP contribution in [0.15, 0.2) is 23.3 Å². The summed E-state index contributed by atoms with van der Waals surface area (Å²) in [6, 6.07) is 4.94. The zero-order valence-electron chi connectivity index (χ0n) is 17.6. The molecule has 8 heteroatoms. The number of nitrogens with one attached hydrogen (secondary N) is 1. The lowest BCUT2D eigenvalue weighted by atomic mass is 10.2. The Labute approximate surface area is 191 Å². The van der Waals surface area contributed by atoms with Crippen molar-refractivity contribution in [2.24, 2.45) is 4.99 Å². The fraction of sp³-hybridized carbons (Fsp3) is 0.714. The molecule has 3 aliphatic heterocycles. The number of aromatic nitrogens is 1. The number of ether oxygens (including phenoxy) is 1. The minimum atomic E-state index is 0. The highest BCUT2D eigenvalue weighted by Gasteiger charge is 2.30. The number of likely N-dealkylation sites (tertiary alicyclic amines) is 1. The highest BCUT2D eigenvalue weighted by Crippen LogP contribution is 2.19. The van der Waals surface area contributed by atoms with E-state index in [2.05, 4.69) is 44.1 Å². The van der Waals surface area contributed by atoms with Crippen molar-refractivity contribution in [3.63, 3.8) is 0 Å². The van der Waals surface area contributed by atoms with E-state index in [-0.39, 0.29) is 24.0 Å². The molecule has 3 saturated heterocycles. The van der Waals surface area contributed by atoms with Gasteiger partial charge in [-0.05, 0) is 37.8 Å². The summed E-state index contributed by atoms with van der Waals surface area (Å²) in [6.45, 7) is 11.9. The van der Waals surface area contributed by atoms with E-state index in [1.807, 2.05) is 6.20 Å². The molecule has 0 saturated carbocycles. The maximum absolute atomic E-state index is 5.50. The lowest BCUT2D eigenvalue weighted by molar-refractivity contribution is 0.0195. The van der Waals surface area contributed by atoms with Crippen LogP contribution in [-0.4, -0.2) is 85.8 Å². The molecule has 3 fully saturated rings. The highest BCUT2D eigenvalue weighted by molar-refractivity contribution is 14.0. The number of pyridine rings is 1. The molecule has 0 amide bonds. The van der Waals surface area contributed by atoms with Gasteiger partial charge < -0.3 is 19.9 Å². The van der Waals surface area contributed by atoms with Gasteiger partial charge in [0, 0.05) is 58.1 Å². The molecule has 4 heterocycles. The van der Waals surface area contributed by atoms with Gasteiger partial charge in [0.25, 0.3) is 0 Å². The average Bonchev–Trinajstić information content (AvgIpc) is 3.45. The quantitative estimate of drug-likeness (QED) is 0.370. The minimum absolute atomic E-state index is 0. The number of morpholine rings is 1. The van der Waals surface area contributed by atoms with Crippen LogP contribution in [0.25, 0.3) is 0 Å². The van der Waals surface area contributed by atoms with E-state index >= 15 is 0 Å². The predicted molar refractivity (Wildman–Crippen MR) is 128 cm³/mol. The zero-order chi connectivity index (χ0) is 19.2. The molecule has 0 bridgehead atoms. The first-order chi connectivity index (χ1) is 13.8. The van der Waals surface area contributed by atoms with E-state index in [1.54, 1.807) is 0 Å². The number of aliphatic imine (C=N–C) groups is 1. The van der Waals surface area contributed by atoms with Crippen LogP contribution in [-0.2, 0) is 11.3 Å². The van der Waals surface area contributed by atoms with Crippen molar-refractivity contribution in [2.45, 2.75) is 38.8 Å². The molecule has 1 aromatic heterocycles. The van der Waals surface area contributed by atoms with Crippen molar-refractivity contribution in [3.8, 4) is 0 Å². The number of hydrogen-bond acceptors (Lipinski definition) is 5. The predicted octanol–water partition coefficient (Wildman–Crippen LogP) is 2.17. The molecule has 1 atom stereocenters. The zero-order valence-corrected chi connectivity index (χ0v) is 19.9. The monoisotopic (exact) mass is 514 g/mol. The molecule has 162 valence electrons. The Morgan fingerprint density at radius 2 is 1.97 bits per heavy atom. The van der Waals surface area contributed by atoms with Gasteiger partial charge in [-0.25, -0.2) is 9.98 Å².